The number of rotatable bonds is 8. The van der Waals surface area contributed by atoms with Crippen molar-refractivity contribution in [3.05, 3.63) is 0 Å². The third-order valence-corrected chi connectivity index (χ3v) is 3.37. The molecular formula is C13H22O3. The molecule has 1 rings (SSSR count). The number of carbonyl (C=O) groups excluding carboxylic acids is 1. The first-order valence-electron chi connectivity index (χ1n) is 6.44. The quantitative estimate of drug-likeness (QED) is 0.647. The molecule has 0 atom stereocenters. The van der Waals surface area contributed by atoms with E-state index in [0.29, 0.717) is 18.1 Å². The number of ketones is 1. The number of hydrogen-bond donors (Lipinski definition) is 1. The van der Waals surface area contributed by atoms with Gasteiger partial charge >= 0.3 is 5.97 Å². The SMILES string of the molecule is O=C(O)CCCCCCC(=O)C1CCCC1. The van der Waals surface area contributed by atoms with E-state index in [-0.39, 0.29) is 6.42 Å². The largest absolute Gasteiger partial charge is 0.481 e. The van der Waals surface area contributed by atoms with Gasteiger partial charge in [-0.1, -0.05) is 25.7 Å². The highest BCUT2D eigenvalue weighted by molar-refractivity contribution is 5.81. The van der Waals surface area contributed by atoms with Gasteiger partial charge in [0, 0.05) is 18.8 Å². The van der Waals surface area contributed by atoms with Crippen LogP contribution in [0.1, 0.15) is 64.2 Å². The number of unbranched alkanes of at least 4 members (excludes halogenated alkanes) is 3. The average molecular weight is 226 g/mol. The Morgan fingerprint density at radius 1 is 0.938 bits per heavy atom. The highest BCUT2D eigenvalue weighted by Gasteiger charge is 2.21. The summed E-state index contributed by atoms with van der Waals surface area (Å²) in [5, 5.41) is 8.45. The number of aliphatic carboxylic acids is 1. The summed E-state index contributed by atoms with van der Waals surface area (Å²) in [6.45, 7) is 0. The molecule has 0 amide bonds. The molecule has 3 heteroatoms. The molecule has 0 heterocycles. The van der Waals surface area contributed by atoms with Gasteiger partial charge in [0.1, 0.15) is 5.78 Å². The summed E-state index contributed by atoms with van der Waals surface area (Å²) in [6, 6.07) is 0. The van der Waals surface area contributed by atoms with Gasteiger partial charge in [-0.25, -0.2) is 0 Å². The molecule has 92 valence electrons. The molecular weight excluding hydrogens is 204 g/mol. The Labute approximate surface area is 97.2 Å². The minimum Gasteiger partial charge on any atom is -0.481 e. The van der Waals surface area contributed by atoms with Crippen LogP contribution >= 0.6 is 0 Å². The standard InChI is InChI=1S/C13H22O3/c14-12(11-7-5-6-8-11)9-3-1-2-4-10-13(15)16/h11H,1-10H2,(H,15,16). The third-order valence-electron chi connectivity index (χ3n) is 3.37. The minimum atomic E-state index is -0.720. The highest BCUT2D eigenvalue weighted by atomic mass is 16.4. The minimum absolute atomic E-state index is 0.260. The van der Waals surface area contributed by atoms with Gasteiger partial charge in [-0.15, -0.1) is 0 Å². The van der Waals surface area contributed by atoms with Crippen LogP contribution in [0.5, 0.6) is 0 Å². The third kappa shape index (κ3) is 5.29. The maximum absolute atomic E-state index is 11.7. The van der Waals surface area contributed by atoms with Crippen molar-refractivity contribution in [2.45, 2.75) is 64.2 Å². The smallest absolute Gasteiger partial charge is 0.303 e. The van der Waals surface area contributed by atoms with Gasteiger partial charge < -0.3 is 5.11 Å². The number of carboxylic acid groups (broad SMARTS) is 1. The molecule has 0 aromatic heterocycles. The van der Waals surface area contributed by atoms with E-state index in [1.54, 1.807) is 0 Å². The predicted molar refractivity (Wildman–Crippen MR) is 62.3 cm³/mol. The van der Waals surface area contributed by atoms with E-state index in [9.17, 15) is 9.59 Å². The van der Waals surface area contributed by atoms with E-state index in [1.807, 2.05) is 0 Å². The Morgan fingerprint density at radius 2 is 1.50 bits per heavy atom. The van der Waals surface area contributed by atoms with Crippen LogP contribution < -0.4 is 0 Å². The molecule has 3 nitrogen and oxygen atoms in total. The van der Waals surface area contributed by atoms with E-state index in [1.165, 1.54) is 12.8 Å². The van der Waals surface area contributed by atoms with Crippen molar-refractivity contribution in [1.29, 1.82) is 0 Å². The molecule has 0 unspecified atom stereocenters. The van der Waals surface area contributed by atoms with Crippen molar-refractivity contribution in [3.63, 3.8) is 0 Å². The van der Waals surface area contributed by atoms with Crippen LogP contribution in [0, 0.1) is 5.92 Å². The lowest BCUT2D eigenvalue weighted by Gasteiger charge is -2.06. The fourth-order valence-electron chi connectivity index (χ4n) is 2.38. The molecule has 16 heavy (non-hydrogen) atoms. The monoisotopic (exact) mass is 226 g/mol. The molecule has 1 saturated carbocycles. The molecule has 0 radical (unpaired) electrons. The van der Waals surface area contributed by atoms with Crippen LogP contribution in [-0.4, -0.2) is 16.9 Å². The van der Waals surface area contributed by atoms with Gasteiger partial charge in [-0.3, -0.25) is 9.59 Å². The van der Waals surface area contributed by atoms with Gasteiger partial charge in [0.25, 0.3) is 0 Å². The zero-order chi connectivity index (χ0) is 11.8. The normalized spacial score (nSPS) is 16.5. The van der Waals surface area contributed by atoms with Crippen molar-refractivity contribution in [2.24, 2.45) is 5.92 Å². The summed E-state index contributed by atoms with van der Waals surface area (Å²) in [5.41, 5.74) is 0. The fourth-order valence-corrected chi connectivity index (χ4v) is 2.38. The molecule has 0 bridgehead atoms. The highest BCUT2D eigenvalue weighted by Crippen LogP contribution is 2.27. The van der Waals surface area contributed by atoms with E-state index < -0.39 is 5.97 Å². The Hall–Kier alpha value is -0.860. The second kappa shape index (κ2) is 7.42. The van der Waals surface area contributed by atoms with Gasteiger partial charge in [0.05, 0.1) is 0 Å². The average Bonchev–Trinajstić information content (AvgIpc) is 2.75. The maximum Gasteiger partial charge on any atom is 0.303 e. The molecule has 1 fully saturated rings. The first kappa shape index (κ1) is 13.2. The molecule has 0 aliphatic heterocycles. The van der Waals surface area contributed by atoms with Gasteiger partial charge in [-0.2, -0.15) is 0 Å². The van der Waals surface area contributed by atoms with Crippen LogP contribution in [0.2, 0.25) is 0 Å². The molecule has 0 saturated heterocycles. The van der Waals surface area contributed by atoms with Gasteiger partial charge in [0.15, 0.2) is 0 Å². The second-order valence-electron chi connectivity index (χ2n) is 4.76. The predicted octanol–water partition coefficient (Wildman–Crippen LogP) is 3.17. The van der Waals surface area contributed by atoms with Crippen LogP contribution in [0.25, 0.3) is 0 Å². The van der Waals surface area contributed by atoms with E-state index in [0.717, 1.165) is 38.5 Å². The molecule has 0 spiro atoms. The van der Waals surface area contributed by atoms with Crippen LogP contribution in [-0.2, 0) is 9.59 Å². The van der Waals surface area contributed by atoms with E-state index in [4.69, 9.17) is 5.11 Å². The van der Waals surface area contributed by atoms with Crippen molar-refractivity contribution < 1.29 is 14.7 Å². The second-order valence-corrected chi connectivity index (χ2v) is 4.76. The number of carboxylic acids is 1. The first-order chi connectivity index (χ1) is 7.70. The number of carbonyl (C=O) groups is 2. The zero-order valence-corrected chi connectivity index (χ0v) is 9.91. The maximum atomic E-state index is 11.7. The Kier molecular flexibility index (Phi) is 6.12. The molecule has 0 aromatic carbocycles. The Morgan fingerprint density at radius 3 is 2.06 bits per heavy atom. The van der Waals surface area contributed by atoms with Crippen molar-refractivity contribution in [3.8, 4) is 0 Å². The molecule has 0 aromatic rings. The topological polar surface area (TPSA) is 54.4 Å². The summed E-state index contributed by atoms with van der Waals surface area (Å²) >= 11 is 0. The Bertz CT molecular complexity index is 229. The van der Waals surface area contributed by atoms with E-state index >= 15 is 0 Å². The number of Topliss-reactive ketones (excluding diaryl/α,β-unsaturated/α-hetero) is 1. The molecule has 1 aliphatic carbocycles. The molecule has 1 N–H and O–H groups in total. The summed E-state index contributed by atoms with van der Waals surface area (Å²) in [4.78, 5) is 22.0. The fraction of sp³-hybridized carbons (Fsp3) is 0.846. The zero-order valence-electron chi connectivity index (χ0n) is 9.91. The van der Waals surface area contributed by atoms with Crippen LogP contribution in [0.15, 0.2) is 0 Å². The van der Waals surface area contributed by atoms with Crippen LogP contribution in [0.3, 0.4) is 0 Å². The number of hydrogen-bond acceptors (Lipinski definition) is 2. The van der Waals surface area contributed by atoms with Crippen molar-refractivity contribution in [1.82, 2.24) is 0 Å². The summed E-state index contributed by atoms with van der Waals surface area (Å²) in [5.74, 6) is 0.0665. The van der Waals surface area contributed by atoms with Gasteiger partial charge in [-0.05, 0) is 25.7 Å². The first-order valence-corrected chi connectivity index (χ1v) is 6.44. The summed E-state index contributed by atoms with van der Waals surface area (Å²) in [7, 11) is 0. The lowest BCUT2D eigenvalue weighted by molar-refractivity contribution is -0.137. The van der Waals surface area contributed by atoms with Crippen molar-refractivity contribution >= 4 is 11.8 Å². The Balaban J connectivity index is 1.94. The van der Waals surface area contributed by atoms with Gasteiger partial charge in [0.2, 0.25) is 0 Å². The van der Waals surface area contributed by atoms with Crippen molar-refractivity contribution in [2.75, 3.05) is 0 Å². The van der Waals surface area contributed by atoms with E-state index in [2.05, 4.69) is 0 Å². The lowest BCUT2D eigenvalue weighted by Crippen LogP contribution is -2.09. The summed E-state index contributed by atoms with van der Waals surface area (Å²) in [6.07, 6.45) is 9.20. The lowest BCUT2D eigenvalue weighted by atomic mass is 9.97. The molecule has 1 aliphatic rings. The van der Waals surface area contributed by atoms with Crippen LogP contribution in [0.4, 0.5) is 0 Å². The summed E-state index contributed by atoms with van der Waals surface area (Å²) < 4.78 is 0.